The lowest BCUT2D eigenvalue weighted by atomic mass is 10.0. The highest BCUT2D eigenvalue weighted by molar-refractivity contribution is 7.23. The van der Waals surface area contributed by atoms with Crippen LogP contribution in [-0.2, 0) is 0 Å². The molecule has 35 heavy (non-hydrogen) atoms. The van der Waals surface area contributed by atoms with Crippen LogP contribution in [0.1, 0.15) is 56.0 Å². The normalized spacial score (nSPS) is 18.1. The highest BCUT2D eigenvalue weighted by atomic mass is 32.1. The highest BCUT2D eigenvalue weighted by Gasteiger charge is 2.31. The number of hydrogen-bond acceptors (Lipinski definition) is 7. The number of halogens is 1. The van der Waals surface area contributed by atoms with Crippen molar-refractivity contribution in [3.8, 4) is 11.1 Å². The van der Waals surface area contributed by atoms with Crippen molar-refractivity contribution in [2.45, 2.75) is 12.2 Å². The number of H-pyrrole nitrogens is 1. The summed E-state index contributed by atoms with van der Waals surface area (Å²) in [6.45, 7) is 0. The van der Waals surface area contributed by atoms with Crippen molar-refractivity contribution in [2.24, 2.45) is 0 Å². The van der Waals surface area contributed by atoms with E-state index in [2.05, 4.69) is 9.97 Å². The van der Waals surface area contributed by atoms with Gasteiger partial charge in [-0.1, -0.05) is 12.1 Å². The first-order valence-corrected chi connectivity index (χ1v) is 11.5. The Hall–Kier alpha value is -4.05. The van der Waals surface area contributed by atoms with E-state index >= 15 is 0 Å². The predicted octanol–water partition coefficient (Wildman–Crippen LogP) is 4.58. The minimum atomic E-state index is -1.33. The summed E-state index contributed by atoms with van der Waals surface area (Å²) in [5, 5.41) is 21.0. The van der Waals surface area contributed by atoms with Crippen LogP contribution in [0, 0.1) is 5.82 Å². The monoisotopic (exact) mass is 485 g/mol. The number of fused-ring (bicyclic) bond motifs is 8. The van der Waals surface area contributed by atoms with Crippen LogP contribution in [0.2, 0.25) is 0 Å². The van der Waals surface area contributed by atoms with Gasteiger partial charge in [-0.15, -0.1) is 11.3 Å². The van der Waals surface area contributed by atoms with Crippen LogP contribution in [0.5, 0.6) is 0 Å². The third kappa shape index (κ3) is 3.66. The zero-order valence-corrected chi connectivity index (χ0v) is 18.7. The third-order valence-corrected chi connectivity index (χ3v) is 6.99. The number of aliphatic hydroxyl groups is 2. The fourth-order valence-electron chi connectivity index (χ4n) is 4.19. The number of rotatable bonds is 1. The largest absolute Gasteiger partial charge is 0.384 e. The molecule has 0 saturated heterocycles. The number of aromatic amines is 1. The summed E-state index contributed by atoms with van der Waals surface area (Å²) in [6.07, 6.45) is 0.993. The summed E-state index contributed by atoms with van der Waals surface area (Å²) in [5.41, 5.74) is 2.98. The second-order valence-corrected chi connectivity index (χ2v) is 9.35. The molecular weight excluding hydrogens is 469 g/mol. The minimum absolute atomic E-state index is 0.0109. The fourth-order valence-corrected chi connectivity index (χ4v) is 5.21. The second-order valence-electron chi connectivity index (χ2n) is 8.24. The Balaban J connectivity index is 1.72. The first-order chi connectivity index (χ1) is 16.9. The van der Waals surface area contributed by atoms with Crippen LogP contribution in [0.3, 0.4) is 0 Å². The van der Waals surface area contributed by atoms with Gasteiger partial charge >= 0.3 is 0 Å². The lowest BCUT2D eigenvalue weighted by molar-refractivity contribution is 0.0252. The lowest BCUT2D eigenvalue weighted by Crippen LogP contribution is -2.07. The topological polar surface area (TPSA) is 116 Å². The van der Waals surface area contributed by atoms with Crippen LogP contribution in [-0.4, -0.2) is 36.7 Å². The maximum absolute atomic E-state index is 13.6. The van der Waals surface area contributed by atoms with Gasteiger partial charge in [-0.2, -0.15) is 0 Å². The van der Waals surface area contributed by atoms with Gasteiger partial charge in [0.1, 0.15) is 29.4 Å². The number of nitrogens with one attached hydrogen (secondary N) is 1. The van der Waals surface area contributed by atoms with E-state index in [0.29, 0.717) is 16.1 Å². The van der Waals surface area contributed by atoms with Crippen molar-refractivity contribution in [1.82, 2.24) is 15.0 Å². The van der Waals surface area contributed by atoms with Crippen LogP contribution in [0.15, 0.2) is 54.6 Å². The van der Waals surface area contributed by atoms with Crippen molar-refractivity contribution in [3.63, 3.8) is 0 Å². The van der Waals surface area contributed by atoms with E-state index < -0.39 is 23.8 Å². The molecule has 3 aliphatic heterocycles. The van der Waals surface area contributed by atoms with Crippen molar-refractivity contribution < 1.29 is 24.2 Å². The highest BCUT2D eigenvalue weighted by Crippen LogP contribution is 2.36. The molecule has 2 atom stereocenters. The van der Waals surface area contributed by atoms with E-state index in [4.69, 9.17) is 4.98 Å². The Morgan fingerprint density at radius 3 is 2.26 bits per heavy atom. The molecule has 2 unspecified atom stereocenters. The summed E-state index contributed by atoms with van der Waals surface area (Å²) in [7, 11) is 0. The number of aromatic nitrogens is 3. The van der Waals surface area contributed by atoms with Gasteiger partial charge in [-0.25, -0.2) is 14.4 Å². The molecule has 0 fully saturated rings. The summed E-state index contributed by atoms with van der Waals surface area (Å²) >= 11 is 1.38. The smallest absolute Gasteiger partial charge is 0.253 e. The van der Waals surface area contributed by atoms with Crippen LogP contribution < -0.4 is 0 Å². The van der Waals surface area contributed by atoms with Crippen molar-refractivity contribution in [2.75, 3.05) is 0 Å². The number of benzene rings is 1. The molecule has 1 aromatic carbocycles. The van der Waals surface area contributed by atoms with Crippen molar-refractivity contribution >= 4 is 44.5 Å². The molecule has 8 bridgehead atoms. The molecular formula is C26H16FN3O4S. The number of aliphatic hydroxyl groups excluding tert-OH is 2. The molecule has 0 aliphatic carbocycles. The van der Waals surface area contributed by atoms with E-state index in [1.54, 1.807) is 24.3 Å². The van der Waals surface area contributed by atoms with E-state index in [9.17, 15) is 24.2 Å². The Kier molecular flexibility index (Phi) is 4.92. The van der Waals surface area contributed by atoms with E-state index in [-0.39, 0.29) is 28.6 Å². The van der Waals surface area contributed by atoms with Gasteiger partial charge in [0.2, 0.25) is 0 Å². The van der Waals surface area contributed by atoms with Crippen LogP contribution in [0.25, 0.3) is 32.7 Å². The van der Waals surface area contributed by atoms with E-state index in [1.807, 2.05) is 18.2 Å². The van der Waals surface area contributed by atoms with Gasteiger partial charge in [0, 0.05) is 26.4 Å². The molecule has 7 nitrogen and oxygen atoms in total. The summed E-state index contributed by atoms with van der Waals surface area (Å²) in [6, 6.07) is 14.2. The quantitative estimate of drug-likeness (QED) is 0.340. The predicted molar refractivity (Wildman–Crippen MR) is 129 cm³/mol. The molecule has 9 heteroatoms. The Labute approximate surface area is 201 Å². The molecule has 5 heterocycles. The van der Waals surface area contributed by atoms with Crippen molar-refractivity contribution in [1.29, 1.82) is 0 Å². The molecule has 0 saturated carbocycles. The minimum Gasteiger partial charge on any atom is -0.384 e. The average molecular weight is 485 g/mol. The second kappa shape index (κ2) is 8.02. The Morgan fingerprint density at radius 1 is 0.829 bits per heavy atom. The number of ketones is 2. The third-order valence-electron chi connectivity index (χ3n) is 5.94. The van der Waals surface area contributed by atoms with E-state index in [0.717, 1.165) is 15.8 Å². The van der Waals surface area contributed by atoms with Gasteiger partial charge in [0.25, 0.3) is 11.6 Å². The molecule has 3 aromatic rings. The SMILES string of the molecule is O=C1C(=O)c2cc3ccc(s3)c(-c3ccc(F)cc3)c3nc(cc4[nH]c(cc1n2)C(O)C4O)C=C3. The standard InChI is InChI=1S/C26H16FN3O4S/c27-13-3-1-12(2-4-13)22-16-7-5-14(28-16)9-17-23(31)25(33)19(29-17)11-20-26(34)24(32)18(30-20)10-15-6-8-21(22)35-15/h1-11,23,25,29,31,33H. The van der Waals surface area contributed by atoms with E-state index in [1.165, 1.54) is 35.6 Å². The molecule has 6 rings (SSSR count). The van der Waals surface area contributed by atoms with Gasteiger partial charge in [0.15, 0.2) is 0 Å². The maximum Gasteiger partial charge on any atom is 0.253 e. The number of nitrogens with zero attached hydrogens (tertiary/aromatic N) is 2. The summed E-state index contributed by atoms with van der Waals surface area (Å²) in [5.74, 6) is -1.89. The van der Waals surface area contributed by atoms with Crippen molar-refractivity contribution in [3.05, 3.63) is 94.6 Å². The molecule has 0 radical (unpaired) electrons. The molecule has 0 spiro atoms. The molecule has 0 amide bonds. The van der Waals surface area contributed by atoms with Gasteiger partial charge in [0.05, 0.1) is 11.4 Å². The number of carbonyl (C=O) groups excluding carboxylic acids is 2. The van der Waals surface area contributed by atoms with Gasteiger partial charge < -0.3 is 15.2 Å². The van der Waals surface area contributed by atoms with Gasteiger partial charge in [-0.3, -0.25) is 9.59 Å². The first kappa shape index (κ1) is 21.5. The number of hydrogen-bond donors (Lipinski definition) is 3. The average Bonchev–Trinajstić information content (AvgIpc) is 3.60. The fraction of sp³-hybridized carbons (Fsp3) is 0.0769. The molecule has 3 N–H and O–H groups in total. The summed E-state index contributed by atoms with van der Waals surface area (Å²) in [4.78, 5) is 36.9. The molecule has 172 valence electrons. The molecule has 3 aliphatic rings. The number of thiophene rings is 1. The van der Waals surface area contributed by atoms with Crippen LogP contribution >= 0.6 is 11.3 Å². The number of carbonyl (C=O) groups is 2. The maximum atomic E-state index is 13.6. The number of Topliss-reactive ketones (excluding diaryl/α,β-unsaturated/α-hetero) is 2. The summed E-state index contributed by atoms with van der Waals surface area (Å²) < 4.78 is 15.1. The zero-order chi connectivity index (χ0) is 24.3. The zero-order valence-electron chi connectivity index (χ0n) is 17.9. The Bertz CT molecular complexity index is 1640. The lowest BCUT2D eigenvalue weighted by Gasteiger charge is -2.07. The Morgan fingerprint density at radius 2 is 1.51 bits per heavy atom. The first-order valence-electron chi connectivity index (χ1n) is 10.7. The van der Waals surface area contributed by atoms with Gasteiger partial charge in [-0.05, 0) is 60.2 Å². The van der Waals surface area contributed by atoms with Crippen LogP contribution in [0.4, 0.5) is 4.39 Å². The molecule has 2 aromatic heterocycles.